The van der Waals surface area contributed by atoms with Crippen LogP contribution >= 0.6 is 0 Å². The van der Waals surface area contributed by atoms with Crippen LogP contribution in [0.15, 0.2) is 60.8 Å². The van der Waals surface area contributed by atoms with Gasteiger partial charge in [-0.3, -0.25) is 4.79 Å². The van der Waals surface area contributed by atoms with Crippen molar-refractivity contribution in [3.05, 3.63) is 77.8 Å². The molecule has 1 aromatic carbocycles. The van der Waals surface area contributed by atoms with Crippen LogP contribution in [-0.2, 0) is 14.3 Å². The molecule has 1 amide bonds. The van der Waals surface area contributed by atoms with Crippen molar-refractivity contribution < 1.29 is 14.3 Å². The zero-order valence-corrected chi connectivity index (χ0v) is 18.8. The number of pyridine rings is 1. The van der Waals surface area contributed by atoms with Crippen LogP contribution in [0.2, 0.25) is 0 Å². The monoisotopic (exact) mass is 445 g/mol. The lowest BCUT2D eigenvalue weighted by Crippen LogP contribution is -2.50. The van der Waals surface area contributed by atoms with Gasteiger partial charge in [-0.15, -0.1) is 0 Å². The molecular formula is C25H27N5O3. The smallest absolute Gasteiger partial charge is 0.331 e. The summed E-state index contributed by atoms with van der Waals surface area (Å²) >= 11 is 0. The van der Waals surface area contributed by atoms with Gasteiger partial charge < -0.3 is 14.5 Å². The van der Waals surface area contributed by atoms with Crippen LogP contribution in [0, 0.1) is 13.8 Å². The van der Waals surface area contributed by atoms with E-state index in [1.807, 2.05) is 67.1 Å². The Hall–Kier alpha value is -3.94. The van der Waals surface area contributed by atoms with Gasteiger partial charge in [0.05, 0.1) is 11.4 Å². The zero-order valence-electron chi connectivity index (χ0n) is 18.8. The van der Waals surface area contributed by atoms with Gasteiger partial charge in [-0.1, -0.05) is 24.3 Å². The summed E-state index contributed by atoms with van der Waals surface area (Å²) in [6.07, 6.45) is 4.80. The molecule has 0 saturated carbocycles. The molecule has 8 nitrogen and oxygen atoms in total. The van der Waals surface area contributed by atoms with Gasteiger partial charge in [0.15, 0.2) is 6.61 Å². The molecule has 3 heterocycles. The molecule has 0 bridgehead atoms. The lowest BCUT2D eigenvalue weighted by atomic mass is 10.2. The van der Waals surface area contributed by atoms with E-state index in [1.165, 1.54) is 6.08 Å². The first-order chi connectivity index (χ1) is 16.0. The molecule has 0 atom stereocenters. The number of para-hydroxylation sites is 1. The summed E-state index contributed by atoms with van der Waals surface area (Å²) in [4.78, 5) is 32.9. The molecule has 0 unspecified atom stereocenters. The van der Waals surface area contributed by atoms with Gasteiger partial charge in [0.1, 0.15) is 5.82 Å². The standard InChI is InChI=1S/C25H27N5O3/c1-19-22(20(2)30(27-19)21-8-4-3-5-9-21)11-12-25(32)33-18-24(31)29-16-14-28(15-17-29)23-10-6-7-13-26-23/h3-13H,14-18H2,1-2H3/b12-11+. The number of esters is 1. The van der Waals surface area contributed by atoms with Gasteiger partial charge in [0.2, 0.25) is 0 Å². The number of rotatable bonds is 6. The molecule has 4 rings (SSSR count). The number of hydrogen-bond donors (Lipinski definition) is 0. The normalized spacial score (nSPS) is 14.0. The van der Waals surface area contributed by atoms with Crippen LogP contribution in [0.5, 0.6) is 0 Å². The second kappa shape index (κ2) is 10.1. The number of aryl methyl sites for hydroxylation is 1. The lowest BCUT2D eigenvalue weighted by Gasteiger charge is -2.35. The van der Waals surface area contributed by atoms with Gasteiger partial charge in [0, 0.05) is 49.7 Å². The number of anilines is 1. The largest absolute Gasteiger partial charge is 0.452 e. The molecule has 0 radical (unpaired) electrons. The van der Waals surface area contributed by atoms with E-state index in [-0.39, 0.29) is 12.5 Å². The van der Waals surface area contributed by atoms with Crippen molar-refractivity contribution in [2.45, 2.75) is 13.8 Å². The third kappa shape index (κ3) is 5.28. The summed E-state index contributed by atoms with van der Waals surface area (Å²) < 4.78 is 7.03. The van der Waals surface area contributed by atoms with Crippen molar-refractivity contribution in [3.8, 4) is 5.69 Å². The molecule has 33 heavy (non-hydrogen) atoms. The number of carbonyl (C=O) groups excluding carboxylic acids is 2. The lowest BCUT2D eigenvalue weighted by molar-refractivity contribution is -0.148. The van der Waals surface area contributed by atoms with E-state index in [2.05, 4.69) is 15.0 Å². The number of ether oxygens (including phenoxy) is 1. The maximum Gasteiger partial charge on any atom is 0.331 e. The first-order valence-corrected chi connectivity index (χ1v) is 10.9. The second-order valence-corrected chi connectivity index (χ2v) is 7.83. The fourth-order valence-corrected chi connectivity index (χ4v) is 3.87. The van der Waals surface area contributed by atoms with Gasteiger partial charge in [-0.2, -0.15) is 5.10 Å². The second-order valence-electron chi connectivity index (χ2n) is 7.83. The van der Waals surface area contributed by atoms with Crippen molar-refractivity contribution in [3.63, 3.8) is 0 Å². The predicted octanol–water partition coefficient (Wildman–Crippen LogP) is 2.79. The Balaban J connectivity index is 1.28. The maximum atomic E-state index is 12.5. The van der Waals surface area contributed by atoms with E-state index < -0.39 is 5.97 Å². The van der Waals surface area contributed by atoms with E-state index >= 15 is 0 Å². The van der Waals surface area contributed by atoms with Crippen molar-refractivity contribution in [1.29, 1.82) is 0 Å². The quantitative estimate of drug-likeness (QED) is 0.429. The number of hydrogen-bond acceptors (Lipinski definition) is 6. The molecule has 2 aromatic heterocycles. The highest BCUT2D eigenvalue weighted by atomic mass is 16.5. The van der Waals surface area contributed by atoms with Crippen molar-refractivity contribution in [2.75, 3.05) is 37.7 Å². The van der Waals surface area contributed by atoms with E-state index in [0.29, 0.717) is 26.2 Å². The summed E-state index contributed by atoms with van der Waals surface area (Å²) in [6.45, 7) is 6.10. The first kappa shape index (κ1) is 22.3. The molecule has 1 aliphatic heterocycles. The molecule has 1 fully saturated rings. The number of amides is 1. The molecule has 8 heteroatoms. The number of nitrogens with zero attached hydrogens (tertiary/aromatic N) is 5. The average molecular weight is 446 g/mol. The molecule has 1 saturated heterocycles. The summed E-state index contributed by atoms with van der Waals surface area (Å²) in [5, 5.41) is 4.57. The first-order valence-electron chi connectivity index (χ1n) is 10.9. The number of benzene rings is 1. The Kier molecular flexibility index (Phi) is 6.83. The summed E-state index contributed by atoms with van der Waals surface area (Å²) in [5.41, 5.74) is 3.54. The van der Waals surface area contributed by atoms with Gasteiger partial charge in [0.25, 0.3) is 5.91 Å². The van der Waals surface area contributed by atoms with E-state index in [4.69, 9.17) is 4.74 Å². The Morgan fingerprint density at radius 1 is 1.00 bits per heavy atom. The van der Waals surface area contributed by atoms with Crippen LogP contribution in [0.1, 0.15) is 17.0 Å². The summed E-state index contributed by atoms with van der Waals surface area (Å²) in [5.74, 6) is 0.158. The van der Waals surface area contributed by atoms with Crippen molar-refractivity contribution in [2.24, 2.45) is 0 Å². The predicted molar refractivity (Wildman–Crippen MR) is 126 cm³/mol. The minimum atomic E-state index is -0.554. The molecular weight excluding hydrogens is 418 g/mol. The average Bonchev–Trinajstić information content (AvgIpc) is 3.15. The molecule has 170 valence electrons. The third-order valence-electron chi connectivity index (χ3n) is 5.68. The van der Waals surface area contributed by atoms with E-state index in [1.54, 1.807) is 17.2 Å². The van der Waals surface area contributed by atoms with E-state index in [9.17, 15) is 9.59 Å². The minimum Gasteiger partial charge on any atom is -0.452 e. The van der Waals surface area contributed by atoms with Crippen LogP contribution in [-0.4, -0.2) is 64.3 Å². The highest BCUT2D eigenvalue weighted by molar-refractivity contribution is 5.89. The Labute approximate surface area is 193 Å². The SMILES string of the molecule is Cc1nn(-c2ccccc2)c(C)c1/C=C/C(=O)OCC(=O)N1CCN(c2ccccn2)CC1. The number of aromatic nitrogens is 3. The van der Waals surface area contributed by atoms with Crippen LogP contribution in [0.4, 0.5) is 5.82 Å². The highest BCUT2D eigenvalue weighted by Gasteiger charge is 2.22. The van der Waals surface area contributed by atoms with E-state index in [0.717, 1.165) is 28.5 Å². The Bertz CT molecular complexity index is 1130. The molecule has 3 aromatic rings. The van der Waals surface area contributed by atoms with Crippen molar-refractivity contribution >= 4 is 23.8 Å². The maximum absolute atomic E-state index is 12.5. The van der Waals surface area contributed by atoms with Gasteiger partial charge in [-0.05, 0) is 44.2 Å². The molecule has 0 aliphatic carbocycles. The minimum absolute atomic E-state index is 0.193. The number of carbonyl (C=O) groups is 2. The summed E-state index contributed by atoms with van der Waals surface area (Å²) in [7, 11) is 0. The number of piperazine rings is 1. The Morgan fingerprint density at radius 2 is 1.73 bits per heavy atom. The Morgan fingerprint density at radius 3 is 2.42 bits per heavy atom. The molecule has 0 N–H and O–H groups in total. The van der Waals surface area contributed by atoms with Crippen LogP contribution in [0.25, 0.3) is 11.8 Å². The third-order valence-corrected chi connectivity index (χ3v) is 5.68. The highest BCUT2D eigenvalue weighted by Crippen LogP contribution is 2.19. The van der Waals surface area contributed by atoms with Crippen LogP contribution in [0.3, 0.4) is 0 Å². The van der Waals surface area contributed by atoms with Gasteiger partial charge >= 0.3 is 5.97 Å². The molecule has 0 spiro atoms. The molecule has 1 aliphatic rings. The summed E-state index contributed by atoms with van der Waals surface area (Å²) in [6, 6.07) is 15.6. The van der Waals surface area contributed by atoms with Crippen LogP contribution < -0.4 is 4.90 Å². The zero-order chi connectivity index (χ0) is 23.2. The fourth-order valence-electron chi connectivity index (χ4n) is 3.87. The topological polar surface area (TPSA) is 80.6 Å². The van der Waals surface area contributed by atoms with Gasteiger partial charge in [-0.25, -0.2) is 14.5 Å². The fraction of sp³-hybridized carbons (Fsp3) is 0.280. The van der Waals surface area contributed by atoms with Crippen molar-refractivity contribution in [1.82, 2.24) is 19.7 Å².